The van der Waals surface area contributed by atoms with Crippen LogP contribution in [-0.4, -0.2) is 70.9 Å². The molecule has 1 N–H and O–H groups in total. The number of rotatable bonds is 6. The summed E-state index contributed by atoms with van der Waals surface area (Å²) in [5, 5.41) is 1.02. The molecule has 298 valence electrons. The molecule has 2 bridgehead atoms. The Hall–Kier alpha value is -4.06. The standard InChI is InChI=1S/C44H53N3O8S/c1-27-39-33(32-12-8-9-13-34(32)45-27)16-17-43(55-39)24-35-36(48)25-44(41(51)46-56(52,53)42(2)18-19-42)23-31(44)11-7-5-3-4-6-10-30(40(50)47(35)26-43)22-38(49)54-37-21-28-14-15-29(37)20-28/h7-9,11-15,28-31,35,37H,3-6,10,16-26H2,1-2H3,(H,46,51)/b11-7-/t28?,29-,30?,31?,35?,37+,43?,44?/m0/s1. The number of fused-ring (bicyclic) bond motifs is 7. The summed E-state index contributed by atoms with van der Waals surface area (Å²) in [6.45, 7) is 3.71. The van der Waals surface area contributed by atoms with Crippen molar-refractivity contribution in [2.75, 3.05) is 6.54 Å². The number of hydrogen-bond donors (Lipinski definition) is 1. The van der Waals surface area contributed by atoms with E-state index in [0.717, 1.165) is 60.7 Å². The van der Waals surface area contributed by atoms with Gasteiger partial charge in [-0.2, -0.15) is 0 Å². The van der Waals surface area contributed by atoms with Crippen molar-refractivity contribution in [3.05, 3.63) is 59.8 Å². The van der Waals surface area contributed by atoms with E-state index in [1.807, 2.05) is 43.3 Å². The van der Waals surface area contributed by atoms with Crippen LogP contribution in [0.2, 0.25) is 0 Å². The summed E-state index contributed by atoms with van der Waals surface area (Å²) in [4.78, 5) is 63.9. The molecule has 7 aliphatic rings. The lowest BCUT2D eigenvalue weighted by molar-refractivity contribution is -0.155. The summed E-state index contributed by atoms with van der Waals surface area (Å²) in [6.07, 6.45) is 16.2. The molecule has 9 rings (SSSR count). The third-order valence-corrected chi connectivity index (χ3v) is 16.4. The molecule has 1 saturated heterocycles. The summed E-state index contributed by atoms with van der Waals surface area (Å²) in [6, 6.07) is 7.05. The molecule has 1 aromatic heterocycles. The van der Waals surface area contributed by atoms with Crippen LogP contribution in [0.5, 0.6) is 5.75 Å². The van der Waals surface area contributed by atoms with Crippen molar-refractivity contribution >= 4 is 44.5 Å². The van der Waals surface area contributed by atoms with Crippen LogP contribution in [0.4, 0.5) is 0 Å². The second-order valence-corrected chi connectivity index (χ2v) is 20.5. The number of Topliss-reactive ketones (excluding diaryl/α,β-unsaturated/α-hetero) is 1. The largest absolute Gasteiger partial charge is 0.483 e. The van der Waals surface area contributed by atoms with Crippen LogP contribution in [0.3, 0.4) is 0 Å². The van der Waals surface area contributed by atoms with Crippen molar-refractivity contribution in [2.24, 2.45) is 29.1 Å². The first-order valence-corrected chi connectivity index (χ1v) is 22.3. The minimum absolute atomic E-state index is 0.0650. The number of carbonyl (C=O) groups excluding carboxylic acids is 4. The SMILES string of the molecule is Cc1nc2ccccc2c2c1OC1(CC2)CC2C(=O)CC3(C(=O)NS(=O)(=O)C4(C)CC4)CC3/C=C\CCCCCC(CC(=O)O[C@@H]3CC4C=C[C@H]3C4)C(=O)N2C1. The molecule has 2 amide bonds. The minimum atomic E-state index is -3.93. The van der Waals surface area contributed by atoms with Gasteiger partial charge in [0.15, 0.2) is 5.78 Å². The van der Waals surface area contributed by atoms with Gasteiger partial charge >= 0.3 is 5.97 Å². The summed E-state index contributed by atoms with van der Waals surface area (Å²) in [5.41, 5.74) is 0.578. The van der Waals surface area contributed by atoms with Crippen molar-refractivity contribution < 1.29 is 37.1 Å². The van der Waals surface area contributed by atoms with Gasteiger partial charge < -0.3 is 14.4 Å². The van der Waals surface area contributed by atoms with Gasteiger partial charge in [0.05, 0.1) is 40.4 Å². The number of para-hydroxylation sites is 1. The highest BCUT2D eigenvalue weighted by Gasteiger charge is 2.63. The highest BCUT2D eigenvalue weighted by atomic mass is 32.2. The fraction of sp³-hybridized carbons (Fsp3) is 0.614. The van der Waals surface area contributed by atoms with Crippen LogP contribution < -0.4 is 9.46 Å². The summed E-state index contributed by atoms with van der Waals surface area (Å²) in [5.74, 6) is -1.21. The molecule has 4 heterocycles. The Morgan fingerprint density at radius 1 is 1.04 bits per heavy atom. The number of pyridine rings is 1. The first kappa shape index (κ1) is 37.5. The predicted molar refractivity (Wildman–Crippen MR) is 209 cm³/mol. The molecular formula is C44H53N3O8S. The number of nitrogens with one attached hydrogen (secondary N) is 1. The molecule has 4 aliphatic carbocycles. The molecule has 1 spiro atoms. The Balaban J connectivity index is 1.03. The van der Waals surface area contributed by atoms with E-state index < -0.39 is 43.7 Å². The highest BCUT2D eigenvalue weighted by Crippen LogP contribution is 2.58. The number of amides is 2. The lowest BCUT2D eigenvalue weighted by Crippen LogP contribution is -2.48. The Morgan fingerprint density at radius 3 is 2.62 bits per heavy atom. The predicted octanol–water partition coefficient (Wildman–Crippen LogP) is 6.21. The molecule has 8 atom stereocenters. The normalized spacial score (nSPS) is 35.1. The summed E-state index contributed by atoms with van der Waals surface area (Å²) >= 11 is 0. The third-order valence-electron chi connectivity index (χ3n) is 14.3. The van der Waals surface area contributed by atoms with Crippen LogP contribution in [0, 0.1) is 36.0 Å². The number of nitrogens with zero attached hydrogens (tertiary/aromatic N) is 2. The second-order valence-electron chi connectivity index (χ2n) is 18.3. The third kappa shape index (κ3) is 6.67. The van der Waals surface area contributed by atoms with Gasteiger partial charge in [-0.15, -0.1) is 0 Å². The van der Waals surface area contributed by atoms with Gasteiger partial charge in [0.25, 0.3) is 0 Å². The van der Waals surface area contributed by atoms with Gasteiger partial charge in [-0.1, -0.05) is 55.3 Å². The number of carbonyl (C=O) groups is 4. The molecule has 56 heavy (non-hydrogen) atoms. The van der Waals surface area contributed by atoms with Crippen LogP contribution in [0.25, 0.3) is 10.9 Å². The molecule has 4 fully saturated rings. The number of ether oxygens (including phenoxy) is 2. The zero-order valence-corrected chi connectivity index (χ0v) is 33.3. The fourth-order valence-electron chi connectivity index (χ4n) is 10.4. The van der Waals surface area contributed by atoms with Gasteiger partial charge in [-0.25, -0.2) is 13.4 Å². The lowest BCUT2D eigenvalue weighted by atomic mass is 9.85. The number of benzene rings is 1. The Kier molecular flexibility index (Phi) is 9.25. The molecule has 6 unspecified atom stereocenters. The van der Waals surface area contributed by atoms with E-state index in [4.69, 9.17) is 14.5 Å². The number of esters is 1. The van der Waals surface area contributed by atoms with E-state index in [2.05, 4.69) is 16.9 Å². The number of sulfonamides is 1. The van der Waals surface area contributed by atoms with Gasteiger partial charge in [-0.05, 0) is 96.0 Å². The van der Waals surface area contributed by atoms with Crippen molar-refractivity contribution in [3.63, 3.8) is 0 Å². The van der Waals surface area contributed by atoms with E-state index >= 15 is 0 Å². The van der Waals surface area contributed by atoms with Gasteiger partial charge in [0.2, 0.25) is 21.8 Å². The topological polar surface area (TPSA) is 149 Å². The highest BCUT2D eigenvalue weighted by molar-refractivity contribution is 7.91. The first-order chi connectivity index (χ1) is 26.8. The Labute approximate surface area is 329 Å². The molecule has 12 heteroatoms. The second kappa shape index (κ2) is 13.8. The maximum Gasteiger partial charge on any atom is 0.306 e. The lowest BCUT2D eigenvalue weighted by Gasteiger charge is -2.36. The van der Waals surface area contributed by atoms with E-state index in [1.54, 1.807) is 11.8 Å². The quantitative estimate of drug-likeness (QED) is 0.267. The average Bonchev–Trinajstić information content (AvgIpc) is 3.89. The minimum Gasteiger partial charge on any atom is -0.483 e. The smallest absolute Gasteiger partial charge is 0.306 e. The van der Waals surface area contributed by atoms with Crippen LogP contribution in [-0.2, 0) is 40.4 Å². The van der Waals surface area contributed by atoms with E-state index in [0.29, 0.717) is 50.2 Å². The fourth-order valence-corrected chi connectivity index (χ4v) is 11.7. The van der Waals surface area contributed by atoms with Crippen LogP contribution in [0.15, 0.2) is 48.6 Å². The molecule has 3 aliphatic heterocycles. The molecular weight excluding hydrogens is 731 g/mol. The van der Waals surface area contributed by atoms with Crippen molar-refractivity contribution in [1.82, 2.24) is 14.6 Å². The maximum atomic E-state index is 15.0. The molecule has 11 nitrogen and oxygen atoms in total. The van der Waals surface area contributed by atoms with Crippen molar-refractivity contribution in [1.29, 1.82) is 0 Å². The van der Waals surface area contributed by atoms with E-state index in [9.17, 15) is 27.6 Å². The molecule has 1 aromatic carbocycles. The monoisotopic (exact) mass is 783 g/mol. The van der Waals surface area contributed by atoms with Crippen LogP contribution in [0.1, 0.15) is 108 Å². The molecule has 2 aromatic rings. The number of aromatic nitrogens is 1. The average molecular weight is 784 g/mol. The number of aryl methyl sites for hydroxylation is 2. The summed E-state index contributed by atoms with van der Waals surface area (Å²) in [7, 11) is -3.93. The molecule has 0 radical (unpaired) electrons. The number of ketones is 1. The number of allylic oxidation sites excluding steroid dienone is 3. The Morgan fingerprint density at radius 2 is 1.86 bits per heavy atom. The van der Waals surface area contributed by atoms with Gasteiger partial charge in [-0.3, -0.25) is 23.9 Å². The van der Waals surface area contributed by atoms with Gasteiger partial charge in [0.1, 0.15) is 17.5 Å². The van der Waals surface area contributed by atoms with Crippen molar-refractivity contribution in [2.45, 2.75) is 133 Å². The van der Waals surface area contributed by atoms with Gasteiger partial charge in [0, 0.05) is 35.6 Å². The first-order valence-electron chi connectivity index (χ1n) is 20.8. The zero-order chi connectivity index (χ0) is 39.0. The molecule has 3 saturated carbocycles. The van der Waals surface area contributed by atoms with E-state index in [1.165, 1.54) is 0 Å². The maximum absolute atomic E-state index is 15.0. The van der Waals surface area contributed by atoms with Crippen LogP contribution >= 0.6 is 0 Å². The zero-order valence-electron chi connectivity index (χ0n) is 32.5. The summed E-state index contributed by atoms with van der Waals surface area (Å²) < 4.78 is 40.9. The Bertz CT molecular complexity index is 2160. The van der Waals surface area contributed by atoms with Crippen molar-refractivity contribution in [3.8, 4) is 5.75 Å². The number of hydrogen-bond acceptors (Lipinski definition) is 9. The van der Waals surface area contributed by atoms with E-state index in [-0.39, 0.29) is 61.4 Å².